The summed E-state index contributed by atoms with van der Waals surface area (Å²) in [6.07, 6.45) is 0. The molecule has 2 aliphatic rings. The van der Waals surface area contributed by atoms with Crippen LogP contribution < -0.4 is 0 Å². The maximum Gasteiger partial charge on any atom is 0.206 e. The van der Waals surface area contributed by atoms with Gasteiger partial charge in [-0.25, -0.2) is 8.42 Å². The summed E-state index contributed by atoms with van der Waals surface area (Å²) < 4.78 is 28.4. The van der Waals surface area contributed by atoms with Crippen molar-refractivity contribution >= 4 is 9.84 Å². The van der Waals surface area contributed by atoms with Gasteiger partial charge in [0.1, 0.15) is 0 Å². The maximum atomic E-state index is 14.2. The number of hydrogen-bond donors (Lipinski definition) is 0. The molecule has 6 aromatic rings. The molecule has 0 bridgehead atoms. The number of sulfone groups is 1. The molecule has 0 heterocycles. The van der Waals surface area contributed by atoms with Gasteiger partial charge in [0.2, 0.25) is 9.84 Å². The molecule has 0 fully saturated rings. The van der Waals surface area contributed by atoms with E-state index in [2.05, 4.69) is 156 Å². The van der Waals surface area contributed by atoms with Crippen molar-refractivity contribution in [2.75, 3.05) is 0 Å². The SMILES string of the molecule is CC(C)(C)c1ccc2c(c1)-c1cc(C(C)(C)C)ccc1C2c1ccc(S(=O)(=O)c2ccc(C3c4ccc(C(C)(C)C)cc4-c4cc(C(C)(C)C)ccc43)cc2)cc1. The highest BCUT2D eigenvalue weighted by Gasteiger charge is 2.35. The van der Waals surface area contributed by atoms with Gasteiger partial charge in [-0.3, -0.25) is 0 Å². The highest BCUT2D eigenvalue weighted by Crippen LogP contribution is 2.52. The van der Waals surface area contributed by atoms with E-state index < -0.39 is 9.84 Å². The van der Waals surface area contributed by atoms with E-state index in [0.29, 0.717) is 9.79 Å². The molecule has 0 spiro atoms. The van der Waals surface area contributed by atoms with E-state index in [1.807, 2.05) is 24.3 Å². The number of hydrogen-bond acceptors (Lipinski definition) is 2. The summed E-state index contributed by atoms with van der Waals surface area (Å²) in [5, 5.41) is 0. The molecule has 0 atom stereocenters. The predicted molar refractivity (Wildman–Crippen MR) is 239 cm³/mol. The van der Waals surface area contributed by atoms with E-state index >= 15 is 0 Å². The molecule has 6 aromatic carbocycles. The molecule has 0 aliphatic heterocycles. The van der Waals surface area contributed by atoms with Crippen molar-refractivity contribution < 1.29 is 8.42 Å². The lowest BCUT2D eigenvalue weighted by Crippen LogP contribution is -2.11. The molecular weight excluding hydrogens is 713 g/mol. The standard InChI is InChI=1S/C54H58O2S/c1-51(2,3)35-17-25-41-45(29-35)46-30-36(52(4,5)6)18-26-42(46)49(41)33-13-21-39(22-14-33)57(55,56)40-23-15-34(16-24-40)50-43-27-19-37(53(7,8)9)31-47(43)48-32-38(54(10,11)12)20-28-44(48)50/h13-32,49-50H,1-12H3. The Hall–Kier alpha value is -4.73. The summed E-state index contributed by atoms with van der Waals surface area (Å²) in [7, 11) is -3.75. The van der Waals surface area contributed by atoms with Crippen LogP contribution in [-0.2, 0) is 31.5 Å². The van der Waals surface area contributed by atoms with Gasteiger partial charge in [-0.2, -0.15) is 0 Å². The lowest BCUT2D eigenvalue weighted by molar-refractivity contribution is 0.589. The van der Waals surface area contributed by atoms with Crippen molar-refractivity contribution in [2.45, 2.75) is 126 Å². The lowest BCUT2D eigenvalue weighted by atomic mass is 9.83. The second-order valence-corrected chi connectivity index (χ2v) is 22.7. The van der Waals surface area contributed by atoms with Gasteiger partial charge in [0, 0.05) is 11.8 Å². The zero-order chi connectivity index (χ0) is 41.0. The van der Waals surface area contributed by atoms with Crippen molar-refractivity contribution in [3.05, 3.63) is 177 Å². The fourth-order valence-corrected chi connectivity index (χ4v) is 10.2. The number of benzene rings is 6. The minimum atomic E-state index is -3.75. The third-order valence-electron chi connectivity index (χ3n) is 12.5. The van der Waals surface area contributed by atoms with Crippen LogP contribution in [0.25, 0.3) is 22.3 Å². The third-order valence-corrected chi connectivity index (χ3v) is 14.3. The van der Waals surface area contributed by atoms with Crippen LogP contribution in [0.4, 0.5) is 0 Å². The summed E-state index contributed by atoms with van der Waals surface area (Å²) in [6, 6.07) is 43.0. The maximum absolute atomic E-state index is 14.2. The van der Waals surface area contributed by atoms with Crippen LogP contribution in [0, 0.1) is 0 Å². The van der Waals surface area contributed by atoms with E-state index in [-0.39, 0.29) is 33.5 Å². The molecule has 8 rings (SSSR count). The topological polar surface area (TPSA) is 34.1 Å². The zero-order valence-electron chi connectivity index (χ0n) is 35.9. The third kappa shape index (κ3) is 6.80. The summed E-state index contributed by atoms with van der Waals surface area (Å²) in [6.45, 7) is 27.1. The van der Waals surface area contributed by atoms with E-state index in [0.717, 1.165) is 11.1 Å². The molecule has 2 aliphatic carbocycles. The smallest absolute Gasteiger partial charge is 0.206 e. The zero-order valence-corrected chi connectivity index (χ0v) is 36.7. The van der Waals surface area contributed by atoms with Crippen molar-refractivity contribution in [3.8, 4) is 22.3 Å². The quantitative estimate of drug-likeness (QED) is 0.179. The molecule has 0 saturated heterocycles. The first-order chi connectivity index (χ1) is 26.5. The first-order valence-corrected chi connectivity index (χ1v) is 22.1. The van der Waals surface area contributed by atoms with E-state index in [1.165, 1.54) is 66.8 Å². The van der Waals surface area contributed by atoms with Crippen LogP contribution in [0.3, 0.4) is 0 Å². The van der Waals surface area contributed by atoms with Gasteiger partial charge in [0.05, 0.1) is 9.79 Å². The predicted octanol–water partition coefficient (Wildman–Crippen LogP) is 14.0. The Morgan fingerprint density at radius 3 is 0.772 bits per heavy atom. The van der Waals surface area contributed by atoms with Gasteiger partial charge in [-0.1, -0.05) is 180 Å². The number of rotatable bonds is 4. The molecule has 57 heavy (non-hydrogen) atoms. The second-order valence-electron chi connectivity index (χ2n) is 20.7. The Kier molecular flexibility index (Phi) is 9.02. The summed E-state index contributed by atoms with van der Waals surface area (Å²) >= 11 is 0. The Labute approximate surface area is 342 Å². The van der Waals surface area contributed by atoms with Gasteiger partial charge >= 0.3 is 0 Å². The van der Waals surface area contributed by atoms with Crippen LogP contribution in [-0.4, -0.2) is 8.42 Å². The summed E-state index contributed by atoms with van der Waals surface area (Å²) in [5.41, 5.74) is 17.8. The average molecular weight is 771 g/mol. The molecule has 0 amide bonds. The van der Waals surface area contributed by atoms with Crippen LogP contribution in [0.1, 0.15) is 151 Å². The van der Waals surface area contributed by atoms with Crippen molar-refractivity contribution in [1.29, 1.82) is 0 Å². The molecular formula is C54H58O2S. The largest absolute Gasteiger partial charge is 0.219 e. The van der Waals surface area contributed by atoms with Gasteiger partial charge in [0.15, 0.2) is 0 Å². The Balaban J connectivity index is 1.13. The van der Waals surface area contributed by atoms with Gasteiger partial charge in [-0.15, -0.1) is 0 Å². The van der Waals surface area contributed by atoms with Crippen LogP contribution in [0.2, 0.25) is 0 Å². The fourth-order valence-electron chi connectivity index (χ4n) is 8.90. The Morgan fingerprint density at radius 2 is 0.561 bits per heavy atom. The van der Waals surface area contributed by atoms with Crippen LogP contribution in [0.15, 0.2) is 131 Å². The molecule has 2 nitrogen and oxygen atoms in total. The molecule has 292 valence electrons. The van der Waals surface area contributed by atoms with Crippen molar-refractivity contribution in [1.82, 2.24) is 0 Å². The fraction of sp³-hybridized carbons (Fsp3) is 0.333. The minimum absolute atomic E-state index is 0.0293. The highest BCUT2D eigenvalue weighted by molar-refractivity contribution is 7.91. The van der Waals surface area contributed by atoms with Gasteiger partial charge < -0.3 is 0 Å². The Bertz CT molecular complexity index is 2340. The highest BCUT2D eigenvalue weighted by atomic mass is 32.2. The Morgan fingerprint density at radius 1 is 0.333 bits per heavy atom. The molecule has 0 unspecified atom stereocenters. The van der Waals surface area contributed by atoms with E-state index in [1.54, 1.807) is 24.3 Å². The first kappa shape index (κ1) is 39.1. The van der Waals surface area contributed by atoms with Gasteiger partial charge in [0.25, 0.3) is 0 Å². The van der Waals surface area contributed by atoms with Crippen LogP contribution in [0.5, 0.6) is 0 Å². The summed E-state index contributed by atoms with van der Waals surface area (Å²) in [4.78, 5) is 0.620. The number of fused-ring (bicyclic) bond motifs is 6. The van der Waals surface area contributed by atoms with E-state index in [4.69, 9.17) is 0 Å². The van der Waals surface area contributed by atoms with Crippen molar-refractivity contribution in [2.24, 2.45) is 0 Å². The second kappa shape index (κ2) is 13.1. The molecule has 0 aromatic heterocycles. The van der Waals surface area contributed by atoms with Gasteiger partial charge in [-0.05, 0) is 124 Å². The van der Waals surface area contributed by atoms with Crippen LogP contribution >= 0.6 is 0 Å². The first-order valence-electron chi connectivity index (χ1n) is 20.6. The molecule has 0 N–H and O–H groups in total. The molecule has 0 saturated carbocycles. The average Bonchev–Trinajstić information content (AvgIpc) is 3.65. The lowest BCUT2D eigenvalue weighted by Gasteiger charge is -2.21. The van der Waals surface area contributed by atoms with Crippen molar-refractivity contribution in [3.63, 3.8) is 0 Å². The summed E-state index contributed by atoms with van der Waals surface area (Å²) in [5.74, 6) is 0.0652. The molecule has 3 heteroatoms. The normalized spacial score (nSPS) is 14.7. The monoisotopic (exact) mass is 770 g/mol. The minimum Gasteiger partial charge on any atom is -0.219 e. The van der Waals surface area contributed by atoms with E-state index in [9.17, 15) is 8.42 Å². The molecule has 0 radical (unpaired) electrons.